The number of aromatic nitrogens is 1. The fraction of sp³-hybridized carbons (Fsp3) is 0.467. The monoisotopic (exact) mass is 262 g/mol. The smallest absolute Gasteiger partial charge is 0.0525 e. The summed E-state index contributed by atoms with van der Waals surface area (Å²) in [7, 11) is 2.11. The van der Waals surface area contributed by atoms with Gasteiger partial charge in [-0.1, -0.05) is 17.7 Å². The second-order valence-electron chi connectivity index (χ2n) is 5.33. The number of nitrogens with one attached hydrogen (secondary N) is 1. The van der Waals surface area contributed by atoms with Crippen LogP contribution in [0.3, 0.4) is 0 Å². The van der Waals surface area contributed by atoms with Gasteiger partial charge in [0, 0.05) is 29.7 Å². The van der Waals surface area contributed by atoms with Gasteiger partial charge >= 0.3 is 0 Å². The SMILES string of the molecule is Cc1c(Cl)ccc2c(CC3CCCN3)cn(C)c12. The Kier molecular flexibility index (Phi) is 3.08. The fourth-order valence-corrected chi connectivity index (χ4v) is 3.27. The van der Waals surface area contributed by atoms with Crippen LogP contribution in [0.25, 0.3) is 10.9 Å². The minimum atomic E-state index is 0.645. The van der Waals surface area contributed by atoms with Crippen molar-refractivity contribution in [2.45, 2.75) is 32.2 Å². The third-order valence-corrected chi connectivity index (χ3v) is 4.45. The van der Waals surface area contributed by atoms with Gasteiger partial charge in [0.05, 0.1) is 5.52 Å². The van der Waals surface area contributed by atoms with E-state index in [9.17, 15) is 0 Å². The summed E-state index contributed by atoms with van der Waals surface area (Å²) in [6, 6.07) is 4.83. The van der Waals surface area contributed by atoms with E-state index >= 15 is 0 Å². The van der Waals surface area contributed by atoms with Crippen molar-refractivity contribution in [2.75, 3.05) is 6.54 Å². The molecule has 1 unspecified atom stereocenters. The van der Waals surface area contributed by atoms with E-state index in [1.165, 1.54) is 41.4 Å². The maximum absolute atomic E-state index is 6.21. The molecule has 3 heteroatoms. The molecule has 0 spiro atoms. The molecule has 3 rings (SSSR count). The van der Waals surface area contributed by atoms with Gasteiger partial charge in [-0.15, -0.1) is 0 Å². The Bertz CT molecular complexity index is 580. The molecule has 2 aromatic rings. The largest absolute Gasteiger partial charge is 0.350 e. The lowest BCUT2D eigenvalue weighted by molar-refractivity contribution is 0.604. The first-order valence-electron chi connectivity index (χ1n) is 6.63. The molecule has 1 aromatic heterocycles. The first-order valence-corrected chi connectivity index (χ1v) is 7.01. The summed E-state index contributed by atoms with van der Waals surface area (Å²) in [4.78, 5) is 0. The molecule has 0 radical (unpaired) electrons. The number of fused-ring (bicyclic) bond motifs is 1. The lowest BCUT2D eigenvalue weighted by Crippen LogP contribution is -2.23. The highest BCUT2D eigenvalue weighted by Crippen LogP contribution is 2.30. The maximum Gasteiger partial charge on any atom is 0.0525 e. The van der Waals surface area contributed by atoms with Crippen LogP contribution in [0, 0.1) is 6.92 Å². The average molecular weight is 263 g/mol. The van der Waals surface area contributed by atoms with Crippen molar-refractivity contribution in [1.82, 2.24) is 9.88 Å². The second kappa shape index (κ2) is 4.60. The number of hydrogen-bond donors (Lipinski definition) is 1. The third-order valence-electron chi connectivity index (χ3n) is 4.04. The van der Waals surface area contributed by atoms with E-state index < -0.39 is 0 Å². The summed E-state index contributed by atoms with van der Waals surface area (Å²) in [5.41, 5.74) is 3.89. The van der Waals surface area contributed by atoms with E-state index in [0.29, 0.717) is 6.04 Å². The molecule has 0 aliphatic carbocycles. The van der Waals surface area contributed by atoms with Crippen LogP contribution in [0.5, 0.6) is 0 Å². The van der Waals surface area contributed by atoms with Crippen molar-refractivity contribution in [2.24, 2.45) is 7.05 Å². The van der Waals surface area contributed by atoms with Crippen LogP contribution >= 0.6 is 11.6 Å². The number of rotatable bonds is 2. The normalized spacial score (nSPS) is 19.8. The van der Waals surface area contributed by atoms with E-state index in [0.717, 1.165) is 11.4 Å². The minimum absolute atomic E-state index is 0.645. The van der Waals surface area contributed by atoms with Crippen LogP contribution in [-0.4, -0.2) is 17.2 Å². The summed E-state index contributed by atoms with van der Waals surface area (Å²) in [6.07, 6.45) is 5.98. The average Bonchev–Trinajstić information content (AvgIpc) is 2.94. The molecule has 1 aromatic carbocycles. The molecule has 1 aliphatic rings. The standard InChI is InChI=1S/C15H19ClN2/c1-10-14(16)6-5-13-11(9-18(2)15(10)13)8-12-4-3-7-17-12/h5-6,9,12,17H,3-4,7-8H2,1-2H3. The van der Waals surface area contributed by atoms with Gasteiger partial charge in [-0.05, 0) is 49.9 Å². The number of nitrogens with zero attached hydrogens (tertiary/aromatic N) is 1. The van der Waals surface area contributed by atoms with Crippen LogP contribution in [-0.2, 0) is 13.5 Å². The van der Waals surface area contributed by atoms with Crippen molar-refractivity contribution in [3.8, 4) is 0 Å². The van der Waals surface area contributed by atoms with E-state index in [2.05, 4.69) is 36.1 Å². The van der Waals surface area contributed by atoms with Crippen LogP contribution in [0.2, 0.25) is 5.02 Å². The van der Waals surface area contributed by atoms with Crippen LogP contribution in [0.4, 0.5) is 0 Å². The summed E-state index contributed by atoms with van der Waals surface area (Å²) in [5, 5.41) is 5.78. The van der Waals surface area contributed by atoms with Gasteiger partial charge < -0.3 is 9.88 Å². The fourth-order valence-electron chi connectivity index (χ4n) is 3.12. The lowest BCUT2D eigenvalue weighted by Gasteiger charge is -2.09. The zero-order chi connectivity index (χ0) is 12.7. The number of halogens is 1. The Hall–Kier alpha value is -0.990. The zero-order valence-corrected chi connectivity index (χ0v) is 11.7. The molecular weight excluding hydrogens is 244 g/mol. The number of benzene rings is 1. The van der Waals surface area contributed by atoms with E-state index in [-0.39, 0.29) is 0 Å². The summed E-state index contributed by atoms with van der Waals surface area (Å²) < 4.78 is 2.21. The van der Waals surface area contributed by atoms with Crippen LogP contribution < -0.4 is 5.32 Å². The summed E-state index contributed by atoms with van der Waals surface area (Å²) >= 11 is 6.21. The quantitative estimate of drug-likeness (QED) is 0.877. The number of aryl methyl sites for hydroxylation is 2. The Labute approximate surface area is 113 Å². The molecule has 96 valence electrons. The molecular formula is C15H19ClN2. The Morgan fingerprint density at radius 2 is 2.28 bits per heavy atom. The summed E-state index contributed by atoms with van der Waals surface area (Å²) in [5.74, 6) is 0. The highest BCUT2D eigenvalue weighted by molar-refractivity contribution is 6.32. The van der Waals surface area contributed by atoms with Crippen molar-refractivity contribution < 1.29 is 0 Å². The first kappa shape index (κ1) is 12.1. The first-order chi connectivity index (χ1) is 8.66. The molecule has 0 bridgehead atoms. The van der Waals surface area contributed by atoms with Gasteiger partial charge in [0.25, 0.3) is 0 Å². The van der Waals surface area contributed by atoms with Gasteiger partial charge in [0.2, 0.25) is 0 Å². The predicted octanol–water partition coefficient (Wildman–Crippen LogP) is 3.43. The highest BCUT2D eigenvalue weighted by atomic mass is 35.5. The third kappa shape index (κ3) is 1.94. The zero-order valence-electron chi connectivity index (χ0n) is 11.0. The summed E-state index contributed by atoms with van der Waals surface area (Å²) in [6.45, 7) is 3.27. The molecule has 1 saturated heterocycles. The molecule has 0 amide bonds. The molecule has 1 N–H and O–H groups in total. The maximum atomic E-state index is 6.21. The topological polar surface area (TPSA) is 17.0 Å². The van der Waals surface area contributed by atoms with Gasteiger partial charge in [-0.3, -0.25) is 0 Å². The van der Waals surface area contributed by atoms with Gasteiger partial charge in [-0.25, -0.2) is 0 Å². The van der Waals surface area contributed by atoms with E-state index in [4.69, 9.17) is 11.6 Å². The van der Waals surface area contributed by atoms with E-state index in [1.807, 2.05) is 6.07 Å². The predicted molar refractivity (Wildman–Crippen MR) is 77.4 cm³/mol. The molecule has 2 heterocycles. The second-order valence-corrected chi connectivity index (χ2v) is 5.74. The Morgan fingerprint density at radius 3 is 3.00 bits per heavy atom. The van der Waals surface area contributed by atoms with Crippen LogP contribution in [0.1, 0.15) is 24.0 Å². The lowest BCUT2D eigenvalue weighted by atomic mass is 10.0. The van der Waals surface area contributed by atoms with Crippen LogP contribution in [0.15, 0.2) is 18.3 Å². The molecule has 1 fully saturated rings. The molecule has 2 nitrogen and oxygen atoms in total. The Balaban J connectivity index is 2.05. The molecule has 0 saturated carbocycles. The van der Waals surface area contributed by atoms with Gasteiger partial charge in [-0.2, -0.15) is 0 Å². The number of hydrogen-bond acceptors (Lipinski definition) is 1. The molecule has 18 heavy (non-hydrogen) atoms. The van der Waals surface area contributed by atoms with Crippen molar-refractivity contribution in [3.05, 3.63) is 34.5 Å². The van der Waals surface area contributed by atoms with Gasteiger partial charge in [0.1, 0.15) is 0 Å². The van der Waals surface area contributed by atoms with Gasteiger partial charge in [0.15, 0.2) is 0 Å². The highest BCUT2D eigenvalue weighted by Gasteiger charge is 2.18. The van der Waals surface area contributed by atoms with Crippen molar-refractivity contribution >= 4 is 22.5 Å². The molecule has 1 aliphatic heterocycles. The Morgan fingerprint density at radius 1 is 1.44 bits per heavy atom. The van der Waals surface area contributed by atoms with Crippen molar-refractivity contribution in [1.29, 1.82) is 0 Å². The molecule has 1 atom stereocenters. The van der Waals surface area contributed by atoms with E-state index in [1.54, 1.807) is 0 Å². The minimum Gasteiger partial charge on any atom is -0.350 e. The van der Waals surface area contributed by atoms with Crippen molar-refractivity contribution in [3.63, 3.8) is 0 Å².